The number of amides is 1. The van der Waals surface area contributed by atoms with E-state index in [-0.39, 0.29) is 28.4 Å². The number of nitrogens with two attached hydrogens (primary N) is 1. The summed E-state index contributed by atoms with van der Waals surface area (Å²) in [6.07, 6.45) is 0. The molecule has 0 spiro atoms. The molecule has 1 aliphatic heterocycles. The van der Waals surface area contributed by atoms with Crippen molar-refractivity contribution < 1.29 is 9.53 Å². The first-order valence-electron chi connectivity index (χ1n) is 7.90. The molecule has 8 nitrogen and oxygen atoms in total. The Bertz CT molecular complexity index is 990. The summed E-state index contributed by atoms with van der Waals surface area (Å²) in [7, 11) is 0. The molecular formula is C18H15N5O3. The van der Waals surface area contributed by atoms with Gasteiger partial charge in [0.25, 0.3) is 11.5 Å². The zero-order chi connectivity index (χ0) is 18.7. The summed E-state index contributed by atoms with van der Waals surface area (Å²) in [5, 5.41) is 18.6. The smallest absolute Gasteiger partial charge is 0.268 e. The molecule has 0 radical (unpaired) electrons. The Balaban J connectivity index is 2.02. The van der Waals surface area contributed by atoms with E-state index in [4.69, 9.17) is 10.5 Å². The third kappa shape index (κ3) is 3.02. The van der Waals surface area contributed by atoms with E-state index >= 15 is 0 Å². The molecule has 1 fully saturated rings. The van der Waals surface area contributed by atoms with Gasteiger partial charge in [-0.25, -0.2) is 0 Å². The number of rotatable bonds is 2. The normalized spacial score (nSPS) is 13.7. The van der Waals surface area contributed by atoms with Crippen molar-refractivity contribution in [1.82, 2.24) is 9.88 Å². The number of nitriles is 2. The zero-order valence-corrected chi connectivity index (χ0v) is 13.8. The highest BCUT2D eigenvalue weighted by atomic mass is 16.5. The minimum atomic E-state index is -0.660. The molecule has 3 rings (SSSR count). The molecule has 26 heavy (non-hydrogen) atoms. The molecule has 0 atom stereocenters. The van der Waals surface area contributed by atoms with Crippen molar-refractivity contribution in [2.24, 2.45) is 0 Å². The maximum absolute atomic E-state index is 12.5. The molecule has 3 N–H and O–H groups in total. The number of carbonyl (C=O) groups excluding carboxylic acids is 1. The molecule has 8 heteroatoms. The fraction of sp³-hybridized carbons (Fsp3) is 0.222. The third-order valence-electron chi connectivity index (χ3n) is 4.19. The van der Waals surface area contributed by atoms with Crippen LogP contribution < -0.4 is 11.3 Å². The lowest BCUT2D eigenvalue weighted by molar-refractivity contribution is 0.0303. The highest BCUT2D eigenvalue weighted by molar-refractivity contribution is 5.95. The standard InChI is InChI=1S/C18H15N5O3/c19-9-13-15(14(10-20)17(24)22-16(13)21)11-1-3-12(4-2-11)18(25)23-5-7-26-8-6-23/h1-4H,5-8H2,(H3,21,22,24). The molecule has 0 saturated carbocycles. The SMILES string of the molecule is N#Cc1c(N)[nH]c(=O)c(C#N)c1-c1ccc(C(=O)N2CCOCC2)cc1. The van der Waals surface area contributed by atoms with Crippen LogP contribution in [0.3, 0.4) is 0 Å². The van der Waals surface area contributed by atoms with Gasteiger partial charge in [-0.15, -0.1) is 0 Å². The van der Waals surface area contributed by atoms with Gasteiger partial charge in [0, 0.05) is 24.2 Å². The summed E-state index contributed by atoms with van der Waals surface area (Å²) in [4.78, 5) is 28.5. The summed E-state index contributed by atoms with van der Waals surface area (Å²) in [5.74, 6) is -0.216. The summed E-state index contributed by atoms with van der Waals surface area (Å²) < 4.78 is 5.24. The molecule has 2 aromatic rings. The van der Waals surface area contributed by atoms with Gasteiger partial charge in [-0.2, -0.15) is 10.5 Å². The van der Waals surface area contributed by atoms with Crippen LogP contribution in [0, 0.1) is 22.7 Å². The van der Waals surface area contributed by atoms with E-state index in [1.807, 2.05) is 12.1 Å². The van der Waals surface area contributed by atoms with E-state index < -0.39 is 5.56 Å². The number of H-pyrrole nitrogens is 1. The average Bonchev–Trinajstić information content (AvgIpc) is 2.68. The maximum atomic E-state index is 12.5. The molecule has 2 heterocycles. The Morgan fingerprint density at radius 2 is 1.73 bits per heavy atom. The molecule has 1 saturated heterocycles. The van der Waals surface area contributed by atoms with Crippen molar-refractivity contribution in [3.05, 3.63) is 51.3 Å². The van der Waals surface area contributed by atoms with Crippen molar-refractivity contribution >= 4 is 11.7 Å². The number of carbonyl (C=O) groups is 1. The molecule has 0 unspecified atom stereocenters. The van der Waals surface area contributed by atoms with Gasteiger partial charge in [-0.1, -0.05) is 12.1 Å². The molecule has 1 aromatic heterocycles. The zero-order valence-electron chi connectivity index (χ0n) is 13.8. The van der Waals surface area contributed by atoms with Gasteiger partial charge >= 0.3 is 0 Å². The van der Waals surface area contributed by atoms with Crippen molar-refractivity contribution in [3.63, 3.8) is 0 Å². The van der Waals surface area contributed by atoms with Crippen LogP contribution in [0.1, 0.15) is 21.5 Å². The Morgan fingerprint density at radius 1 is 1.12 bits per heavy atom. The predicted molar refractivity (Wildman–Crippen MR) is 93.1 cm³/mol. The van der Waals surface area contributed by atoms with Crippen LogP contribution >= 0.6 is 0 Å². The minimum absolute atomic E-state index is 0.0217. The monoisotopic (exact) mass is 349 g/mol. The highest BCUT2D eigenvalue weighted by Gasteiger charge is 2.20. The lowest BCUT2D eigenvalue weighted by Crippen LogP contribution is -2.40. The first kappa shape index (κ1) is 17.2. The molecule has 1 aliphatic rings. The molecule has 130 valence electrons. The van der Waals surface area contributed by atoms with Crippen molar-refractivity contribution in [2.45, 2.75) is 0 Å². The van der Waals surface area contributed by atoms with Gasteiger partial charge in [-0.05, 0) is 17.7 Å². The number of aromatic nitrogens is 1. The summed E-state index contributed by atoms with van der Waals surface area (Å²) in [6.45, 7) is 2.07. The van der Waals surface area contributed by atoms with Gasteiger partial charge < -0.3 is 20.4 Å². The Labute approximate surface area is 149 Å². The Morgan fingerprint density at radius 3 is 2.31 bits per heavy atom. The van der Waals surface area contributed by atoms with Crippen LogP contribution in [0.15, 0.2) is 29.1 Å². The van der Waals surface area contributed by atoms with Gasteiger partial charge in [0.1, 0.15) is 29.1 Å². The number of nitrogen functional groups attached to an aromatic ring is 1. The summed E-state index contributed by atoms with van der Waals surface area (Å²) in [5.41, 5.74) is 5.99. The number of morpholine rings is 1. The van der Waals surface area contributed by atoms with Crippen molar-refractivity contribution in [3.8, 4) is 23.3 Å². The van der Waals surface area contributed by atoms with E-state index in [0.717, 1.165) is 0 Å². The van der Waals surface area contributed by atoms with Gasteiger partial charge in [-0.3, -0.25) is 9.59 Å². The lowest BCUT2D eigenvalue weighted by Gasteiger charge is -2.26. The van der Waals surface area contributed by atoms with E-state index in [1.165, 1.54) is 0 Å². The van der Waals surface area contributed by atoms with Crippen molar-refractivity contribution in [1.29, 1.82) is 10.5 Å². The number of anilines is 1. The van der Waals surface area contributed by atoms with Gasteiger partial charge in [0.05, 0.1) is 13.2 Å². The van der Waals surface area contributed by atoms with E-state index in [1.54, 1.807) is 29.2 Å². The topological polar surface area (TPSA) is 136 Å². The van der Waals surface area contributed by atoms with Gasteiger partial charge in [0.15, 0.2) is 0 Å². The third-order valence-corrected chi connectivity index (χ3v) is 4.19. The van der Waals surface area contributed by atoms with Crippen LogP contribution in [0.2, 0.25) is 0 Å². The van der Waals surface area contributed by atoms with Crippen LogP contribution in [-0.2, 0) is 4.74 Å². The fourth-order valence-corrected chi connectivity index (χ4v) is 2.86. The van der Waals surface area contributed by atoms with E-state index in [9.17, 15) is 20.1 Å². The average molecular weight is 349 g/mol. The number of hydrogen-bond donors (Lipinski definition) is 2. The molecule has 0 aliphatic carbocycles. The number of aromatic amines is 1. The molecule has 1 amide bonds. The highest BCUT2D eigenvalue weighted by Crippen LogP contribution is 2.28. The van der Waals surface area contributed by atoms with Crippen LogP contribution in [0.4, 0.5) is 5.82 Å². The summed E-state index contributed by atoms with van der Waals surface area (Å²) in [6, 6.07) is 10.1. The van der Waals surface area contributed by atoms with Crippen LogP contribution in [0.25, 0.3) is 11.1 Å². The second kappa shape index (κ2) is 7.09. The Kier molecular flexibility index (Phi) is 4.70. The first-order chi connectivity index (χ1) is 12.6. The van der Waals surface area contributed by atoms with Crippen LogP contribution in [-0.4, -0.2) is 42.1 Å². The molecule has 0 bridgehead atoms. The number of benzene rings is 1. The van der Waals surface area contributed by atoms with Crippen LogP contribution in [0.5, 0.6) is 0 Å². The predicted octanol–water partition coefficient (Wildman–Crippen LogP) is 0.840. The molecular weight excluding hydrogens is 334 g/mol. The fourth-order valence-electron chi connectivity index (χ4n) is 2.86. The van der Waals surface area contributed by atoms with Gasteiger partial charge in [0.2, 0.25) is 0 Å². The van der Waals surface area contributed by atoms with E-state index in [2.05, 4.69) is 4.98 Å². The first-order valence-corrected chi connectivity index (χ1v) is 7.90. The minimum Gasteiger partial charge on any atom is -0.384 e. The van der Waals surface area contributed by atoms with Crippen molar-refractivity contribution in [2.75, 3.05) is 32.0 Å². The number of nitrogens with one attached hydrogen (secondary N) is 1. The van der Waals surface area contributed by atoms with E-state index in [0.29, 0.717) is 37.4 Å². The number of ether oxygens (including phenoxy) is 1. The number of pyridine rings is 1. The second-order valence-electron chi connectivity index (χ2n) is 5.70. The quantitative estimate of drug-likeness (QED) is 0.824. The largest absolute Gasteiger partial charge is 0.384 e. The summed E-state index contributed by atoms with van der Waals surface area (Å²) >= 11 is 0. The Hall–Kier alpha value is -3.62. The number of nitrogens with zero attached hydrogens (tertiary/aromatic N) is 3. The second-order valence-corrected chi connectivity index (χ2v) is 5.70. The maximum Gasteiger partial charge on any atom is 0.268 e. The number of hydrogen-bond acceptors (Lipinski definition) is 6. The lowest BCUT2D eigenvalue weighted by atomic mass is 9.95. The molecule has 1 aromatic carbocycles.